The second-order valence-electron chi connectivity index (χ2n) is 4.66. The second kappa shape index (κ2) is 9.80. The molecule has 2 aromatic rings. The van der Waals surface area contributed by atoms with Crippen LogP contribution < -0.4 is 5.32 Å². The Bertz CT molecular complexity index is 654. The van der Waals surface area contributed by atoms with Crippen LogP contribution in [0, 0.1) is 0 Å². The van der Waals surface area contributed by atoms with Crippen molar-refractivity contribution in [1.29, 1.82) is 0 Å². The maximum Gasteiger partial charge on any atom is 0.257 e. The number of ketones is 1. The number of benzene rings is 2. The third-order valence-electron chi connectivity index (χ3n) is 3.14. The standard InChI is InChI=1S/C17H16ClNO2.C2H6/c1-2-14(20)11-12-7-6-10-15(18)16(12)17(21)19-13-8-4-3-5-9-13;1-2/h3-10H,2,11H2,1H3,(H,19,21);1-2H3. The van der Waals surface area contributed by atoms with E-state index in [1.807, 2.05) is 32.0 Å². The summed E-state index contributed by atoms with van der Waals surface area (Å²) in [6.45, 7) is 5.80. The molecule has 0 aliphatic carbocycles. The molecule has 0 aromatic heterocycles. The monoisotopic (exact) mass is 331 g/mol. The molecule has 0 aliphatic rings. The first-order chi connectivity index (χ1) is 11.1. The number of amides is 1. The largest absolute Gasteiger partial charge is 0.322 e. The van der Waals surface area contributed by atoms with Crippen LogP contribution in [0.1, 0.15) is 43.1 Å². The summed E-state index contributed by atoms with van der Waals surface area (Å²) in [4.78, 5) is 24.1. The number of rotatable bonds is 5. The second-order valence-corrected chi connectivity index (χ2v) is 5.07. The van der Waals surface area contributed by atoms with Gasteiger partial charge in [-0.05, 0) is 23.8 Å². The topological polar surface area (TPSA) is 46.2 Å². The van der Waals surface area contributed by atoms with Crippen LogP contribution in [-0.2, 0) is 11.2 Å². The predicted octanol–water partition coefficient (Wildman–Crippen LogP) is 5.14. The van der Waals surface area contributed by atoms with Gasteiger partial charge in [-0.15, -0.1) is 0 Å². The SMILES string of the molecule is CC.CCC(=O)Cc1cccc(Cl)c1C(=O)Nc1ccccc1. The number of hydrogen-bond donors (Lipinski definition) is 1. The van der Waals surface area contributed by atoms with Crippen molar-refractivity contribution in [3.05, 3.63) is 64.7 Å². The van der Waals surface area contributed by atoms with Gasteiger partial charge in [0, 0.05) is 18.5 Å². The molecular weight excluding hydrogens is 310 g/mol. The predicted molar refractivity (Wildman–Crippen MR) is 96.2 cm³/mol. The zero-order chi connectivity index (χ0) is 17.2. The number of para-hydroxylation sites is 1. The van der Waals surface area contributed by atoms with Crippen LogP contribution >= 0.6 is 11.6 Å². The molecule has 0 atom stereocenters. The van der Waals surface area contributed by atoms with Crippen molar-refractivity contribution in [2.24, 2.45) is 0 Å². The van der Waals surface area contributed by atoms with Crippen LogP contribution in [0.3, 0.4) is 0 Å². The summed E-state index contributed by atoms with van der Waals surface area (Å²) < 4.78 is 0. The lowest BCUT2D eigenvalue weighted by Gasteiger charge is -2.11. The average Bonchev–Trinajstić information content (AvgIpc) is 2.57. The van der Waals surface area contributed by atoms with E-state index in [1.54, 1.807) is 37.3 Å². The van der Waals surface area contributed by atoms with Crippen molar-refractivity contribution >= 4 is 29.0 Å². The molecule has 4 heteroatoms. The van der Waals surface area contributed by atoms with Crippen molar-refractivity contribution in [1.82, 2.24) is 0 Å². The highest BCUT2D eigenvalue weighted by Gasteiger charge is 2.17. The molecule has 1 N–H and O–H groups in total. The van der Waals surface area contributed by atoms with Gasteiger partial charge in [-0.3, -0.25) is 9.59 Å². The van der Waals surface area contributed by atoms with Gasteiger partial charge in [0.25, 0.3) is 5.91 Å². The molecule has 0 fully saturated rings. The van der Waals surface area contributed by atoms with Gasteiger partial charge >= 0.3 is 0 Å². The average molecular weight is 332 g/mol. The van der Waals surface area contributed by atoms with Crippen LogP contribution in [0.15, 0.2) is 48.5 Å². The number of carbonyl (C=O) groups is 2. The van der Waals surface area contributed by atoms with E-state index in [0.29, 0.717) is 28.3 Å². The van der Waals surface area contributed by atoms with Crippen molar-refractivity contribution in [2.45, 2.75) is 33.6 Å². The number of hydrogen-bond acceptors (Lipinski definition) is 2. The Hall–Kier alpha value is -2.13. The molecule has 0 unspecified atom stereocenters. The van der Waals surface area contributed by atoms with E-state index in [2.05, 4.69) is 5.32 Å². The first-order valence-electron chi connectivity index (χ1n) is 7.77. The number of carbonyl (C=O) groups excluding carboxylic acids is 2. The van der Waals surface area contributed by atoms with E-state index in [9.17, 15) is 9.59 Å². The molecule has 2 rings (SSSR count). The zero-order valence-corrected chi connectivity index (χ0v) is 14.5. The van der Waals surface area contributed by atoms with Crippen LogP contribution in [-0.4, -0.2) is 11.7 Å². The fourth-order valence-electron chi connectivity index (χ4n) is 2.02. The lowest BCUT2D eigenvalue weighted by molar-refractivity contribution is -0.118. The summed E-state index contributed by atoms with van der Waals surface area (Å²) in [5, 5.41) is 3.15. The van der Waals surface area contributed by atoms with Gasteiger partial charge < -0.3 is 5.32 Å². The third-order valence-corrected chi connectivity index (χ3v) is 3.46. The van der Waals surface area contributed by atoms with E-state index in [-0.39, 0.29) is 18.1 Å². The van der Waals surface area contributed by atoms with Gasteiger partial charge in [-0.25, -0.2) is 0 Å². The van der Waals surface area contributed by atoms with E-state index in [1.165, 1.54) is 0 Å². The van der Waals surface area contributed by atoms with Gasteiger partial charge in [0.05, 0.1) is 10.6 Å². The Morgan fingerprint density at radius 2 is 1.65 bits per heavy atom. The number of halogens is 1. The minimum absolute atomic E-state index is 0.0750. The smallest absolute Gasteiger partial charge is 0.257 e. The van der Waals surface area contributed by atoms with Crippen molar-refractivity contribution in [2.75, 3.05) is 5.32 Å². The van der Waals surface area contributed by atoms with Crippen molar-refractivity contribution in [3.63, 3.8) is 0 Å². The maximum absolute atomic E-state index is 12.4. The van der Waals surface area contributed by atoms with E-state index >= 15 is 0 Å². The highest BCUT2D eigenvalue weighted by Crippen LogP contribution is 2.22. The molecule has 0 spiro atoms. The Morgan fingerprint density at radius 3 is 2.26 bits per heavy atom. The Morgan fingerprint density at radius 1 is 1.00 bits per heavy atom. The molecule has 122 valence electrons. The molecule has 0 aliphatic heterocycles. The Kier molecular flexibility index (Phi) is 8.06. The van der Waals surface area contributed by atoms with Crippen molar-refractivity contribution < 1.29 is 9.59 Å². The first-order valence-corrected chi connectivity index (χ1v) is 8.15. The normalized spacial score (nSPS) is 9.57. The van der Waals surface area contributed by atoms with E-state index in [4.69, 9.17) is 11.6 Å². The van der Waals surface area contributed by atoms with Gasteiger partial charge in [0.2, 0.25) is 0 Å². The van der Waals surface area contributed by atoms with Crippen LogP contribution in [0.4, 0.5) is 5.69 Å². The molecule has 2 aromatic carbocycles. The third kappa shape index (κ3) is 5.53. The highest BCUT2D eigenvalue weighted by molar-refractivity contribution is 6.34. The van der Waals surface area contributed by atoms with E-state index < -0.39 is 0 Å². The molecule has 1 amide bonds. The highest BCUT2D eigenvalue weighted by atomic mass is 35.5. The summed E-state index contributed by atoms with van der Waals surface area (Å²) in [7, 11) is 0. The van der Waals surface area contributed by atoms with Gasteiger partial charge in [0.15, 0.2) is 0 Å². The van der Waals surface area contributed by atoms with Gasteiger partial charge in [-0.2, -0.15) is 0 Å². The zero-order valence-electron chi connectivity index (χ0n) is 13.7. The fraction of sp³-hybridized carbons (Fsp3) is 0.263. The molecule has 3 nitrogen and oxygen atoms in total. The van der Waals surface area contributed by atoms with Crippen LogP contribution in [0.25, 0.3) is 0 Å². The lowest BCUT2D eigenvalue weighted by Crippen LogP contribution is -2.16. The van der Waals surface area contributed by atoms with Crippen LogP contribution in [0.2, 0.25) is 5.02 Å². The van der Waals surface area contributed by atoms with Crippen molar-refractivity contribution in [3.8, 4) is 0 Å². The number of nitrogens with one attached hydrogen (secondary N) is 1. The van der Waals surface area contributed by atoms with Gasteiger partial charge in [0.1, 0.15) is 5.78 Å². The molecular formula is C19H22ClNO2. The molecule has 0 heterocycles. The first kappa shape index (κ1) is 18.9. The summed E-state index contributed by atoms with van der Waals surface area (Å²) in [5.41, 5.74) is 1.71. The molecule has 23 heavy (non-hydrogen) atoms. The summed E-state index contributed by atoms with van der Waals surface area (Å²) in [6, 6.07) is 14.3. The van der Waals surface area contributed by atoms with E-state index in [0.717, 1.165) is 0 Å². The quantitative estimate of drug-likeness (QED) is 0.824. The summed E-state index contributed by atoms with van der Waals surface area (Å²) >= 11 is 6.14. The molecule has 0 saturated carbocycles. The fourth-order valence-corrected chi connectivity index (χ4v) is 2.30. The Balaban J connectivity index is 0.00000127. The minimum Gasteiger partial charge on any atom is -0.322 e. The number of anilines is 1. The minimum atomic E-state index is -0.300. The van der Waals surface area contributed by atoms with Crippen LogP contribution in [0.5, 0.6) is 0 Å². The summed E-state index contributed by atoms with van der Waals surface area (Å²) in [5.74, 6) is -0.225. The number of Topliss-reactive ketones (excluding diaryl/α,β-unsaturated/α-hetero) is 1. The Labute approximate surface area is 142 Å². The maximum atomic E-state index is 12.4. The summed E-state index contributed by atoms with van der Waals surface area (Å²) in [6.07, 6.45) is 0.654. The molecule has 0 saturated heterocycles. The van der Waals surface area contributed by atoms with Gasteiger partial charge in [-0.1, -0.05) is 62.7 Å². The molecule has 0 bridgehead atoms. The lowest BCUT2D eigenvalue weighted by atomic mass is 10.0. The molecule has 0 radical (unpaired) electrons.